The first-order valence-corrected chi connectivity index (χ1v) is 11.9. The van der Waals surface area contributed by atoms with Crippen LogP contribution in [0.2, 0.25) is 0 Å². The number of alkyl carbamates (subject to hydrolysis) is 1. The molecule has 0 bridgehead atoms. The second-order valence-corrected chi connectivity index (χ2v) is 8.99. The SMILES string of the molecule is CCOC(=O)CC(=O)[C@](C)(Cc1ccc(F)cc1)NC(=O)OCC1c2ccccc2-c2ccccc21. The van der Waals surface area contributed by atoms with Crippen LogP contribution in [0.1, 0.15) is 42.9 Å². The summed E-state index contributed by atoms with van der Waals surface area (Å²) < 4.78 is 23.9. The van der Waals surface area contributed by atoms with Gasteiger partial charge in [0.2, 0.25) is 0 Å². The van der Waals surface area contributed by atoms with Gasteiger partial charge in [0.1, 0.15) is 24.4 Å². The van der Waals surface area contributed by atoms with Crippen LogP contribution in [0, 0.1) is 5.82 Å². The summed E-state index contributed by atoms with van der Waals surface area (Å²) in [5.41, 5.74) is 3.50. The van der Waals surface area contributed by atoms with Gasteiger partial charge in [-0.3, -0.25) is 9.59 Å². The molecule has 1 amide bonds. The number of fused-ring (bicyclic) bond motifs is 3. The maximum atomic E-state index is 13.4. The monoisotopic (exact) mass is 489 g/mol. The van der Waals surface area contributed by atoms with E-state index in [1.165, 1.54) is 31.2 Å². The van der Waals surface area contributed by atoms with Gasteiger partial charge in [-0.2, -0.15) is 0 Å². The Bertz CT molecular complexity index is 1230. The minimum absolute atomic E-state index is 0.0513. The normalized spacial score (nSPS) is 13.8. The number of halogens is 1. The van der Waals surface area contributed by atoms with Crippen molar-refractivity contribution < 1.29 is 28.2 Å². The molecule has 1 aliphatic rings. The van der Waals surface area contributed by atoms with Crippen molar-refractivity contribution in [2.24, 2.45) is 0 Å². The van der Waals surface area contributed by atoms with Crippen molar-refractivity contribution in [2.45, 2.75) is 38.1 Å². The summed E-state index contributed by atoms with van der Waals surface area (Å²) in [7, 11) is 0. The second kappa shape index (κ2) is 10.7. The molecule has 0 saturated heterocycles. The molecule has 1 N–H and O–H groups in total. The van der Waals surface area contributed by atoms with E-state index in [1.807, 2.05) is 48.5 Å². The molecule has 0 unspecified atom stereocenters. The second-order valence-electron chi connectivity index (χ2n) is 8.99. The van der Waals surface area contributed by atoms with Gasteiger partial charge in [-0.15, -0.1) is 0 Å². The number of ether oxygens (including phenoxy) is 2. The molecule has 0 saturated carbocycles. The molecule has 186 valence electrons. The predicted octanol–water partition coefficient (Wildman–Crippen LogP) is 5.19. The topological polar surface area (TPSA) is 81.7 Å². The first-order chi connectivity index (χ1) is 17.3. The quantitative estimate of drug-likeness (QED) is 0.331. The molecule has 0 fully saturated rings. The van der Waals surface area contributed by atoms with E-state index in [1.54, 1.807) is 6.92 Å². The lowest BCUT2D eigenvalue weighted by Gasteiger charge is -2.29. The molecular weight excluding hydrogens is 461 g/mol. The number of esters is 1. The molecule has 36 heavy (non-hydrogen) atoms. The molecule has 1 aliphatic carbocycles. The Kier molecular flexibility index (Phi) is 7.48. The molecule has 6 nitrogen and oxygen atoms in total. The van der Waals surface area contributed by atoms with Crippen molar-refractivity contribution in [2.75, 3.05) is 13.2 Å². The number of hydrogen-bond acceptors (Lipinski definition) is 5. The van der Waals surface area contributed by atoms with Crippen molar-refractivity contribution in [1.82, 2.24) is 5.32 Å². The largest absolute Gasteiger partial charge is 0.466 e. The molecule has 7 heteroatoms. The first-order valence-electron chi connectivity index (χ1n) is 11.9. The number of ketones is 1. The van der Waals surface area contributed by atoms with Crippen molar-refractivity contribution in [3.05, 3.63) is 95.3 Å². The highest BCUT2D eigenvalue weighted by Crippen LogP contribution is 2.44. The maximum absolute atomic E-state index is 13.4. The Morgan fingerprint density at radius 2 is 1.47 bits per heavy atom. The van der Waals surface area contributed by atoms with E-state index in [4.69, 9.17) is 9.47 Å². The highest BCUT2D eigenvalue weighted by molar-refractivity contribution is 6.02. The fraction of sp³-hybridized carbons (Fsp3) is 0.276. The summed E-state index contributed by atoms with van der Waals surface area (Å²) >= 11 is 0. The van der Waals surface area contributed by atoms with Crippen molar-refractivity contribution >= 4 is 17.8 Å². The number of Topliss-reactive ketones (excluding diaryl/α,β-unsaturated/α-hetero) is 1. The molecule has 1 atom stereocenters. The van der Waals surface area contributed by atoms with E-state index >= 15 is 0 Å². The summed E-state index contributed by atoms with van der Waals surface area (Å²) in [5, 5.41) is 2.66. The third-order valence-electron chi connectivity index (χ3n) is 6.42. The van der Waals surface area contributed by atoms with Crippen LogP contribution in [0.5, 0.6) is 0 Å². The minimum Gasteiger partial charge on any atom is -0.466 e. The van der Waals surface area contributed by atoms with Gasteiger partial charge in [0, 0.05) is 12.3 Å². The van der Waals surface area contributed by atoms with E-state index < -0.39 is 35.6 Å². The van der Waals surface area contributed by atoms with Crippen LogP contribution >= 0.6 is 0 Å². The number of benzene rings is 3. The Morgan fingerprint density at radius 1 is 0.889 bits per heavy atom. The molecule has 0 aromatic heterocycles. The lowest BCUT2D eigenvalue weighted by atomic mass is 9.87. The average Bonchev–Trinajstić information content (AvgIpc) is 3.18. The smallest absolute Gasteiger partial charge is 0.407 e. The summed E-state index contributed by atoms with van der Waals surface area (Å²) in [6.07, 6.45) is -1.23. The zero-order valence-electron chi connectivity index (χ0n) is 20.3. The lowest BCUT2D eigenvalue weighted by molar-refractivity contribution is -0.146. The molecule has 3 aromatic carbocycles. The van der Waals surface area contributed by atoms with Crippen LogP contribution < -0.4 is 5.32 Å². The Balaban J connectivity index is 1.50. The number of carbonyl (C=O) groups is 3. The lowest BCUT2D eigenvalue weighted by Crippen LogP contribution is -2.54. The standard InChI is InChI=1S/C29H28FNO5/c1-3-35-27(33)16-26(32)29(2,17-19-12-14-20(30)15-13-19)31-28(34)36-18-25-23-10-6-4-8-21(23)22-9-5-7-11-24(22)25/h4-15,25H,3,16-18H2,1-2H3,(H,31,34)/t29-/m0/s1. The molecule has 0 heterocycles. The Hall–Kier alpha value is -4.00. The average molecular weight is 490 g/mol. The fourth-order valence-corrected chi connectivity index (χ4v) is 4.62. The van der Waals surface area contributed by atoms with E-state index in [-0.39, 0.29) is 25.6 Å². The van der Waals surface area contributed by atoms with E-state index in [0.29, 0.717) is 5.56 Å². The van der Waals surface area contributed by atoms with Gasteiger partial charge in [0.15, 0.2) is 5.78 Å². The molecule has 0 aliphatic heterocycles. The van der Waals surface area contributed by atoms with Gasteiger partial charge in [0.25, 0.3) is 0 Å². The zero-order chi connectivity index (χ0) is 25.7. The van der Waals surface area contributed by atoms with Crippen LogP contribution in [-0.4, -0.2) is 36.6 Å². The predicted molar refractivity (Wildman–Crippen MR) is 133 cm³/mol. The number of amides is 1. The zero-order valence-corrected chi connectivity index (χ0v) is 20.3. The van der Waals surface area contributed by atoms with Crippen molar-refractivity contribution in [1.29, 1.82) is 0 Å². The number of rotatable bonds is 9. The van der Waals surface area contributed by atoms with Crippen molar-refractivity contribution in [3.8, 4) is 11.1 Å². The molecule has 4 rings (SSSR count). The summed E-state index contributed by atoms with van der Waals surface area (Å²) in [4.78, 5) is 38.0. The van der Waals surface area contributed by atoms with Gasteiger partial charge in [-0.25, -0.2) is 9.18 Å². The van der Waals surface area contributed by atoms with Crippen LogP contribution in [-0.2, 0) is 25.5 Å². The molecular formula is C29H28FNO5. The Labute approximate surface area is 209 Å². The third-order valence-corrected chi connectivity index (χ3v) is 6.42. The van der Waals surface area contributed by atoms with Crippen LogP contribution in [0.15, 0.2) is 72.8 Å². The van der Waals surface area contributed by atoms with Crippen molar-refractivity contribution in [3.63, 3.8) is 0 Å². The van der Waals surface area contributed by atoms with Gasteiger partial charge < -0.3 is 14.8 Å². The maximum Gasteiger partial charge on any atom is 0.407 e. The number of hydrogen-bond donors (Lipinski definition) is 1. The highest BCUT2D eigenvalue weighted by Gasteiger charge is 2.37. The van der Waals surface area contributed by atoms with E-state index in [2.05, 4.69) is 5.32 Å². The van der Waals surface area contributed by atoms with Gasteiger partial charge >= 0.3 is 12.1 Å². The number of nitrogens with one attached hydrogen (secondary N) is 1. The van der Waals surface area contributed by atoms with Crippen LogP contribution in [0.4, 0.5) is 9.18 Å². The minimum atomic E-state index is -1.47. The molecule has 0 spiro atoms. The summed E-state index contributed by atoms with van der Waals surface area (Å²) in [6.45, 7) is 3.40. The van der Waals surface area contributed by atoms with Gasteiger partial charge in [-0.05, 0) is 53.8 Å². The molecule has 0 radical (unpaired) electrons. The van der Waals surface area contributed by atoms with Gasteiger partial charge in [0.05, 0.1) is 6.61 Å². The summed E-state index contributed by atoms with van der Waals surface area (Å²) in [5.74, 6) is -1.76. The summed E-state index contributed by atoms with van der Waals surface area (Å²) in [6, 6.07) is 21.6. The van der Waals surface area contributed by atoms with E-state index in [0.717, 1.165) is 22.3 Å². The van der Waals surface area contributed by atoms with Crippen LogP contribution in [0.25, 0.3) is 11.1 Å². The fourth-order valence-electron chi connectivity index (χ4n) is 4.62. The first kappa shape index (κ1) is 25.1. The number of carbonyl (C=O) groups excluding carboxylic acids is 3. The van der Waals surface area contributed by atoms with Gasteiger partial charge in [-0.1, -0.05) is 60.7 Å². The molecule has 3 aromatic rings. The highest BCUT2D eigenvalue weighted by atomic mass is 19.1. The van der Waals surface area contributed by atoms with Crippen LogP contribution in [0.3, 0.4) is 0 Å². The third kappa shape index (κ3) is 5.46. The van der Waals surface area contributed by atoms with E-state index in [9.17, 15) is 18.8 Å². The Morgan fingerprint density at radius 3 is 2.06 bits per heavy atom.